The standard InChI is InChI=1S/C15H18ClN3/c1-3-19(13-6-4-11(2)5-7-13)15-8-12(9-17)14(16)10-18-15/h4-8,10H,3,9,17H2,1-2H3. The van der Waals surface area contributed by atoms with Gasteiger partial charge in [-0.1, -0.05) is 29.3 Å². The summed E-state index contributed by atoms with van der Waals surface area (Å²) in [7, 11) is 0. The number of nitrogens with two attached hydrogens (primary N) is 1. The van der Waals surface area contributed by atoms with Crippen molar-refractivity contribution in [1.82, 2.24) is 4.98 Å². The predicted octanol–water partition coefficient (Wildman–Crippen LogP) is 3.66. The molecule has 2 rings (SSSR count). The Morgan fingerprint density at radius 1 is 1.26 bits per heavy atom. The summed E-state index contributed by atoms with van der Waals surface area (Å²) in [4.78, 5) is 6.53. The number of hydrogen-bond donors (Lipinski definition) is 1. The van der Waals surface area contributed by atoms with Gasteiger partial charge in [0.25, 0.3) is 0 Å². The van der Waals surface area contributed by atoms with Crippen LogP contribution in [0.25, 0.3) is 0 Å². The first-order valence-electron chi connectivity index (χ1n) is 6.34. The third-order valence-electron chi connectivity index (χ3n) is 3.08. The smallest absolute Gasteiger partial charge is 0.133 e. The zero-order chi connectivity index (χ0) is 13.8. The second kappa shape index (κ2) is 6.04. The van der Waals surface area contributed by atoms with E-state index >= 15 is 0 Å². The number of hydrogen-bond acceptors (Lipinski definition) is 3. The Morgan fingerprint density at radius 2 is 1.95 bits per heavy atom. The maximum absolute atomic E-state index is 6.05. The summed E-state index contributed by atoms with van der Waals surface area (Å²) >= 11 is 6.05. The van der Waals surface area contributed by atoms with Gasteiger partial charge >= 0.3 is 0 Å². The highest BCUT2D eigenvalue weighted by Crippen LogP contribution is 2.26. The van der Waals surface area contributed by atoms with Gasteiger partial charge in [-0.15, -0.1) is 0 Å². The van der Waals surface area contributed by atoms with Crippen LogP contribution in [0.15, 0.2) is 36.5 Å². The maximum atomic E-state index is 6.05. The molecule has 0 amide bonds. The minimum Gasteiger partial charge on any atom is -0.327 e. The van der Waals surface area contributed by atoms with Crippen LogP contribution >= 0.6 is 11.6 Å². The van der Waals surface area contributed by atoms with Crippen LogP contribution in [0.2, 0.25) is 5.02 Å². The second-order valence-corrected chi connectivity index (χ2v) is 4.83. The lowest BCUT2D eigenvalue weighted by Crippen LogP contribution is -2.17. The number of nitrogens with zero attached hydrogens (tertiary/aromatic N) is 2. The minimum absolute atomic E-state index is 0.416. The van der Waals surface area contributed by atoms with Gasteiger partial charge in [-0.05, 0) is 37.6 Å². The van der Waals surface area contributed by atoms with Crippen LogP contribution in [0, 0.1) is 6.92 Å². The van der Waals surface area contributed by atoms with Gasteiger partial charge in [0.15, 0.2) is 0 Å². The predicted molar refractivity (Wildman–Crippen MR) is 81.0 cm³/mol. The van der Waals surface area contributed by atoms with Crippen LogP contribution in [0.5, 0.6) is 0 Å². The van der Waals surface area contributed by atoms with E-state index in [1.807, 2.05) is 6.07 Å². The third kappa shape index (κ3) is 3.06. The van der Waals surface area contributed by atoms with E-state index in [9.17, 15) is 0 Å². The Morgan fingerprint density at radius 3 is 2.53 bits per heavy atom. The molecule has 1 heterocycles. The van der Waals surface area contributed by atoms with E-state index in [1.54, 1.807) is 6.20 Å². The lowest BCUT2D eigenvalue weighted by molar-refractivity contribution is 0.974. The molecule has 2 N–H and O–H groups in total. The van der Waals surface area contributed by atoms with Crippen LogP contribution < -0.4 is 10.6 Å². The summed E-state index contributed by atoms with van der Waals surface area (Å²) in [5, 5.41) is 0.617. The summed E-state index contributed by atoms with van der Waals surface area (Å²) in [6.07, 6.45) is 1.66. The molecule has 0 saturated heterocycles. The van der Waals surface area contributed by atoms with Crippen molar-refractivity contribution in [3.05, 3.63) is 52.7 Å². The Balaban J connectivity index is 2.39. The molecule has 100 valence electrons. The first kappa shape index (κ1) is 13.8. The minimum atomic E-state index is 0.416. The number of halogens is 1. The molecule has 0 aliphatic heterocycles. The van der Waals surface area contributed by atoms with Crippen LogP contribution in [-0.2, 0) is 6.54 Å². The molecule has 19 heavy (non-hydrogen) atoms. The molecule has 0 radical (unpaired) electrons. The number of pyridine rings is 1. The zero-order valence-corrected chi connectivity index (χ0v) is 12.0. The van der Waals surface area contributed by atoms with Crippen molar-refractivity contribution in [1.29, 1.82) is 0 Å². The summed E-state index contributed by atoms with van der Waals surface area (Å²) in [5.41, 5.74) is 8.96. The first-order chi connectivity index (χ1) is 9.15. The van der Waals surface area contributed by atoms with E-state index in [1.165, 1.54) is 5.56 Å². The van der Waals surface area contributed by atoms with Crippen molar-refractivity contribution in [2.45, 2.75) is 20.4 Å². The quantitative estimate of drug-likeness (QED) is 0.926. The first-order valence-corrected chi connectivity index (χ1v) is 6.72. The molecule has 3 nitrogen and oxygen atoms in total. The Labute approximate surface area is 119 Å². The molecule has 0 atom stereocenters. The topological polar surface area (TPSA) is 42.1 Å². The zero-order valence-electron chi connectivity index (χ0n) is 11.2. The maximum Gasteiger partial charge on any atom is 0.133 e. The number of anilines is 2. The SMILES string of the molecule is CCN(c1ccc(C)cc1)c1cc(CN)c(Cl)cn1. The van der Waals surface area contributed by atoms with E-state index in [4.69, 9.17) is 17.3 Å². The fraction of sp³-hybridized carbons (Fsp3) is 0.267. The van der Waals surface area contributed by atoms with Gasteiger partial charge in [-0.3, -0.25) is 0 Å². The Bertz CT molecular complexity index is 552. The number of aromatic nitrogens is 1. The monoisotopic (exact) mass is 275 g/mol. The van der Waals surface area contributed by atoms with Gasteiger partial charge in [0.1, 0.15) is 5.82 Å². The summed E-state index contributed by atoms with van der Waals surface area (Å²) < 4.78 is 0. The molecule has 4 heteroatoms. The normalized spacial score (nSPS) is 10.5. The molecule has 0 aliphatic carbocycles. The molecule has 2 aromatic rings. The van der Waals surface area contributed by atoms with Gasteiger partial charge in [-0.2, -0.15) is 0 Å². The van der Waals surface area contributed by atoms with Crippen LogP contribution in [0.3, 0.4) is 0 Å². The average molecular weight is 276 g/mol. The third-order valence-corrected chi connectivity index (χ3v) is 3.42. The second-order valence-electron chi connectivity index (χ2n) is 4.42. The van der Waals surface area contributed by atoms with Gasteiger partial charge < -0.3 is 10.6 Å². The summed E-state index contributed by atoms with van der Waals surface area (Å²) in [5.74, 6) is 0.871. The van der Waals surface area contributed by atoms with E-state index in [0.717, 1.165) is 23.6 Å². The molecule has 1 aromatic heterocycles. The van der Waals surface area contributed by atoms with Crippen molar-refractivity contribution in [2.24, 2.45) is 5.73 Å². The lowest BCUT2D eigenvalue weighted by atomic mass is 10.2. The molecule has 0 bridgehead atoms. The Hall–Kier alpha value is -1.58. The summed E-state index contributed by atoms with van der Waals surface area (Å²) in [6, 6.07) is 10.3. The Kier molecular flexibility index (Phi) is 4.40. The number of aryl methyl sites for hydroxylation is 1. The molecule has 1 aromatic carbocycles. The van der Waals surface area contributed by atoms with Gasteiger partial charge in [-0.25, -0.2) is 4.98 Å². The molecule has 0 unspecified atom stereocenters. The highest BCUT2D eigenvalue weighted by Gasteiger charge is 2.10. The highest BCUT2D eigenvalue weighted by atomic mass is 35.5. The fourth-order valence-corrected chi connectivity index (χ4v) is 2.15. The van der Waals surface area contributed by atoms with E-state index in [0.29, 0.717) is 11.6 Å². The summed E-state index contributed by atoms with van der Waals surface area (Å²) in [6.45, 7) is 5.42. The molecular formula is C15H18ClN3. The molecule has 0 fully saturated rings. The van der Waals surface area contributed by atoms with Crippen molar-refractivity contribution in [3.8, 4) is 0 Å². The molecule has 0 spiro atoms. The van der Waals surface area contributed by atoms with Crippen LogP contribution in [0.1, 0.15) is 18.1 Å². The number of benzene rings is 1. The van der Waals surface area contributed by atoms with Crippen molar-refractivity contribution in [3.63, 3.8) is 0 Å². The van der Waals surface area contributed by atoms with E-state index in [-0.39, 0.29) is 0 Å². The fourth-order valence-electron chi connectivity index (χ4n) is 1.97. The van der Waals surface area contributed by atoms with Crippen molar-refractivity contribution < 1.29 is 0 Å². The van der Waals surface area contributed by atoms with Gasteiger partial charge in [0.2, 0.25) is 0 Å². The van der Waals surface area contributed by atoms with Gasteiger partial charge in [0, 0.05) is 25.0 Å². The van der Waals surface area contributed by atoms with Crippen molar-refractivity contribution >= 4 is 23.1 Å². The van der Waals surface area contributed by atoms with Gasteiger partial charge in [0.05, 0.1) is 5.02 Å². The largest absolute Gasteiger partial charge is 0.327 e. The lowest BCUT2D eigenvalue weighted by Gasteiger charge is -2.23. The molecular weight excluding hydrogens is 258 g/mol. The van der Waals surface area contributed by atoms with E-state index < -0.39 is 0 Å². The highest BCUT2D eigenvalue weighted by molar-refractivity contribution is 6.31. The molecule has 0 aliphatic rings. The van der Waals surface area contributed by atoms with E-state index in [2.05, 4.69) is 48.0 Å². The molecule has 0 saturated carbocycles. The van der Waals surface area contributed by atoms with Crippen LogP contribution in [-0.4, -0.2) is 11.5 Å². The number of rotatable bonds is 4. The van der Waals surface area contributed by atoms with Crippen LogP contribution in [0.4, 0.5) is 11.5 Å². The average Bonchev–Trinajstić information content (AvgIpc) is 2.43. The van der Waals surface area contributed by atoms with Crippen molar-refractivity contribution in [2.75, 3.05) is 11.4 Å².